The van der Waals surface area contributed by atoms with Gasteiger partial charge in [0.2, 0.25) is 11.6 Å². The molecule has 0 radical (unpaired) electrons. The number of aliphatic hydroxyl groups is 1. The smallest absolute Gasteiger partial charge is 0.353 e. The Morgan fingerprint density at radius 2 is 2.04 bits per heavy atom. The maximum Gasteiger partial charge on any atom is 0.353 e. The number of aliphatic hydroxyl groups excluding tert-OH is 1. The lowest BCUT2D eigenvalue weighted by Gasteiger charge is -2.34. The summed E-state index contributed by atoms with van der Waals surface area (Å²) in [6.07, 6.45) is 1.33. The van der Waals surface area contributed by atoms with Crippen molar-refractivity contribution >= 4 is 23.0 Å². The topological polar surface area (TPSA) is 117 Å². The highest BCUT2D eigenvalue weighted by atomic mass is 16.6. The normalized spacial score (nSPS) is 14.8. The van der Waals surface area contributed by atoms with Crippen LogP contribution in [0.1, 0.15) is 5.56 Å². The third-order valence-electron chi connectivity index (χ3n) is 4.68. The van der Waals surface area contributed by atoms with E-state index in [1.807, 2.05) is 24.0 Å². The highest BCUT2D eigenvalue weighted by Gasteiger charge is 2.29. The van der Waals surface area contributed by atoms with Gasteiger partial charge in [0, 0.05) is 32.7 Å². The second-order valence-corrected chi connectivity index (χ2v) is 6.53. The van der Waals surface area contributed by atoms with Gasteiger partial charge in [-0.3, -0.25) is 15.0 Å². The lowest BCUT2D eigenvalue weighted by molar-refractivity contribution is -0.383. The largest absolute Gasteiger partial charge is 0.495 e. The van der Waals surface area contributed by atoms with E-state index < -0.39 is 4.92 Å². The predicted molar refractivity (Wildman–Crippen MR) is 105 cm³/mol. The van der Waals surface area contributed by atoms with Crippen molar-refractivity contribution in [1.29, 1.82) is 0 Å². The summed E-state index contributed by atoms with van der Waals surface area (Å²) >= 11 is 0. The van der Waals surface area contributed by atoms with Crippen LogP contribution in [0.5, 0.6) is 5.75 Å². The van der Waals surface area contributed by atoms with Crippen molar-refractivity contribution in [3.05, 3.63) is 40.2 Å². The van der Waals surface area contributed by atoms with Gasteiger partial charge < -0.3 is 20.1 Å². The molecule has 150 valence electrons. The molecule has 1 aliphatic heterocycles. The van der Waals surface area contributed by atoms with E-state index in [0.717, 1.165) is 5.56 Å². The maximum absolute atomic E-state index is 11.8. The second-order valence-electron chi connectivity index (χ2n) is 6.53. The summed E-state index contributed by atoms with van der Waals surface area (Å²) in [7, 11) is 1.54. The predicted octanol–water partition coefficient (Wildman–Crippen LogP) is 1.56. The molecule has 0 spiro atoms. The molecule has 1 aromatic carbocycles. The number of hydrogen-bond acceptors (Lipinski definition) is 9. The first kappa shape index (κ1) is 19.8. The minimum atomic E-state index is -0.458. The number of benzene rings is 1. The van der Waals surface area contributed by atoms with Crippen LogP contribution in [0.3, 0.4) is 0 Å². The fourth-order valence-electron chi connectivity index (χ4n) is 3.23. The Labute approximate surface area is 162 Å². The summed E-state index contributed by atoms with van der Waals surface area (Å²) in [5.74, 6) is 0.979. The number of methoxy groups -OCH3 is 1. The molecule has 3 rings (SSSR count). The molecule has 1 saturated heterocycles. The van der Waals surface area contributed by atoms with Gasteiger partial charge in [-0.05, 0) is 24.6 Å². The molecular weight excluding hydrogens is 364 g/mol. The highest BCUT2D eigenvalue weighted by molar-refractivity contribution is 5.76. The molecule has 0 amide bonds. The van der Waals surface area contributed by atoms with Gasteiger partial charge in [-0.2, -0.15) is 0 Å². The van der Waals surface area contributed by atoms with E-state index >= 15 is 0 Å². The van der Waals surface area contributed by atoms with E-state index in [-0.39, 0.29) is 23.9 Å². The molecule has 28 heavy (non-hydrogen) atoms. The number of β-amino-alcohol motifs (C(OH)–C–C–N with tert-alkyl or cyclic N) is 1. The van der Waals surface area contributed by atoms with Crippen LogP contribution >= 0.6 is 0 Å². The average Bonchev–Trinajstić information content (AvgIpc) is 2.69. The summed E-state index contributed by atoms with van der Waals surface area (Å²) in [5, 5.41) is 24.0. The molecule has 2 aromatic rings. The summed E-state index contributed by atoms with van der Waals surface area (Å²) in [4.78, 5) is 23.7. The first-order valence-electron chi connectivity index (χ1n) is 9.02. The molecule has 10 heteroatoms. The Balaban J connectivity index is 1.91. The number of rotatable bonds is 7. The number of aryl methyl sites for hydroxylation is 1. The van der Waals surface area contributed by atoms with Crippen LogP contribution in [-0.4, -0.2) is 71.3 Å². The van der Waals surface area contributed by atoms with Crippen molar-refractivity contribution in [2.75, 3.05) is 56.7 Å². The van der Waals surface area contributed by atoms with Crippen LogP contribution < -0.4 is 15.0 Å². The Hall–Kier alpha value is -2.98. The van der Waals surface area contributed by atoms with E-state index in [0.29, 0.717) is 44.2 Å². The molecule has 0 unspecified atom stereocenters. The lowest BCUT2D eigenvalue weighted by atomic mass is 10.2. The summed E-state index contributed by atoms with van der Waals surface area (Å²) in [5.41, 5.74) is 1.42. The standard InChI is InChI=1S/C18H24N6O4/c1-13-3-4-15(28-2)14(11-13)21-17-16(24(26)27)18(20-12-19-17)23-7-5-22(6-8-23)9-10-25/h3-4,11-12,25H,5-10H2,1-2H3,(H,19,20,21). The minimum Gasteiger partial charge on any atom is -0.495 e. The molecule has 0 aliphatic carbocycles. The Bertz CT molecular complexity index is 839. The number of hydrogen-bond donors (Lipinski definition) is 2. The van der Waals surface area contributed by atoms with Gasteiger partial charge in [0.25, 0.3) is 0 Å². The van der Waals surface area contributed by atoms with Crippen molar-refractivity contribution in [3.63, 3.8) is 0 Å². The zero-order valence-electron chi connectivity index (χ0n) is 16.0. The van der Waals surface area contributed by atoms with E-state index in [1.54, 1.807) is 13.2 Å². The molecule has 0 bridgehead atoms. The van der Waals surface area contributed by atoms with Crippen molar-refractivity contribution in [2.45, 2.75) is 6.92 Å². The number of ether oxygens (including phenoxy) is 1. The Morgan fingerprint density at radius 3 is 2.68 bits per heavy atom. The van der Waals surface area contributed by atoms with Crippen LogP contribution in [0, 0.1) is 17.0 Å². The first-order valence-corrected chi connectivity index (χ1v) is 9.02. The van der Waals surface area contributed by atoms with E-state index in [4.69, 9.17) is 9.84 Å². The number of nitro groups is 1. The van der Waals surface area contributed by atoms with Crippen LogP contribution in [-0.2, 0) is 0 Å². The number of piperazine rings is 1. The minimum absolute atomic E-state index is 0.0973. The van der Waals surface area contributed by atoms with Gasteiger partial charge in [-0.25, -0.2) is 9.97 Å². The van der Waals surface area contributed by atoms with Crippen molar-refractivity contribution < 1.29 is 14.8 Å². The lowest BCUT2D eigenvalue weighted by Crippen LogP contribution is -2.47. The van der Waals surface area contributed by atoms with E-state index in [2.05, 4.69) is 20.2 Å². The molecule has 1 aliphatic rings. The number of aromatic nitrogens is 2. The molecule has 10 nitrogen and oxygen atoms in total. The van der Waals surface area contributed by atoms with Crippen LogP contribution in [0.25, 0.3) is 0 Å². The summed E-state index contributed by atoms with van der Waals surface area (Å²) in [6, 6.07) is 5.54. The molecule has 0 atom stereocenters. The third kappa shape index (κ3) is 4.29. The van der Waals surface area contributed by atoms with Gasteiger partial charge >= 0.3 is 5.69 Å². The van der Waals surface area contributed by atoms with Gasteiger partial charge in [-0.1, -0.05) is 6.07 Å². The van der Waals surface area contributed by atoms with E-state index in [9.17, 15) is 10.1 Å². The Kier molecular flexibility index (Phi) is 6.22. The third-order valence-corrected chi connectivity index (χ3v) is 4.68. The number of anilines is 3. The van der Waals surface area contributed by atoms with Crippen molar-refractivity contribution in [3.8, 4) is 5.75 Å². The van der Waals surface area contributed by atoms with Gasteiger partial charge in [0.1, 0.15) is 12.1 Å². The molecule has 0 saturated carbocycles. The quantitative estimate of drug-likeness (QED) is 0.538. The highest BCUT2D eigenvalue weighted by Crippen LogP contribution is 2.36. The number of nitrogens with zero attached hydrogens (tertiary/aromatic N) is 5. The van der Waals surface area contributed by atoms with Gasteiger partial charge in [-0.15, -0.1) is 0 Å². The van der Waals surface area contributed by atoms with Crippen molar-refractivity contribution in [1.82, 2.24) is 14.9 Å². The van der Waals surface area contributed by atoms with Crippen LogP contribution in [0.2, 0.25) is 0 Å². The van der Waals surface area contributed by atoms with Gasteiger partial charge in [0.15, 0.2) is 0 Å². The molecule has 1 fully saturated rings. The fourth-order valence-corrected chi connectivity index (χ4v) is 3.23. The molecule has 2 heterocycles. The first-order chi connectivity index (χ1) is 13.5. The Morgan fingerprint density at radius 1 is 1.29 bits per heavy atom. The summed E-state index contributed by atoms with van der Waals surface area (Å²) in [6.45, 7) is 5.21. The van der Waals surface area contributed by atoms with E-state index in [1.165, 1.54) is 6.33 Å². The maximum atomic E-state index is 11.8. The van der Waals surface area contributed by atoms with Crippen LogP contribution in [0.15, 0.2) is 24.5 Å². The average molecular weight is 388 g/mol. The van der Waals surface area contributed by atoms with Crippen LogP contribution in [0.4, 0.5) is 23.0 Å². The van der Waals surface area contributed by atoms with Crippen molar-refractivity contribution in [2.24, 2.45) is 0 Å². The SMILES string of the molecule is COc1ccc(C)cc1Nc1ncnc(N2CCN(CCO)CC2)c1[N+](=O)[O-]. The molecule has 2 N–H and O–H groups in total. The number of nitrogens with one attached hydrogen (secondary N) is 1. The summed E-state index contributed by atoms with van der Waals surface area (Å²) < 4.78 is 5.34. The monoisotopic (exact) mass is 388 g/mol. The fraction of sp³-hybridized carbons (Fsp3) is 0.444. The molecular formula is C18H24N6O4. The zero-order valence-corrected chi connectivity index (χ0v) is 16.0. The second kappa shape index (κ2) is 8.81. The van der Waals surface area contributed by atoms with Gasteiger partial charge in [0.05, 0.1) is 24.3 Å². The zero-order chi connectivity index (χ0) is 20.1. The molecule has 1 aromatic heterocycles.